The predicted molar refractivity (Wildman–Crippen MR) is 295 cm³/mol. The lowest BCUT2D eigenvalue weighted by molar-refractivity contribution is -0.142. The van der Waals surface area contributed by atoms with Crippen LogP contribution in [0.2, 0.25) is 0 Å². The fraction of sp³-hybridized carbons (Fsp3) is 0.421. The Bertz CT molecular complexity index is 3620. The number of carbonyl (C=O) groups is 3. The molecule has 0 aromatic carbocycles. The molecule has 3 amide bonds. The molecule has 3 fully saturated rings. The van der Waals surface area contributed by atoms with Gasteiger partial charge in [-0.1, -0.05) is 34.7 Å². The summed E-state index contributed by atoms with van der Waals surface area (Å²) in [6.07, 6.45) is 1.46. The smallest absolute Gasteiger partial charge is 0.339 e. The molecule has 3 aliphatic rings. The van der Waals surface area contributed by atoms with Crippen LogP contribution in [0.3, 0.4) is 0 Å². The fourth-order valence-electron chi connectivity index (χ4n) is 9.58. The third-order valence-corrected chi connectivity index (χ3v) is 15.4. The molecule has 90 heavy (non-hydrogen) atoms. The average molecular weight is 1260 g/mol. The fourth-order valence-corrected chi connectivity index (χ4v) is 9.58. The minimum absolute atomic E-state index is 0.138. The Hall–Kier alpha value is -9.72. The molecule has 0 radical (unpaired) electrons. The molecule has 9 heterocycles. The highest BCUT2D eigenvalue weighted by molar-refractivity contribution is 5.94. The van der Waals surface area contributed by atoms with Gasteiger partial charge in [0.25, 0.3) is 17.7 Å². The number of rotatable bonds is 15. The third-order valence-electron chi connectivity index (χ3n) is 15.4. The number of hydrogen-bond acceptors (Lipinski definition) is 18. The minimum atomic E-state index is -4.63. The highest BCUT2D eigenvalue weighted by Crippen LogP contribution is 2.39. The Balaban J connectivity index is 0.000000148. The van der Waals surface area contributed by atoms with Crippen molar-refractivity contribution in [1.82, 2.24) is 90.7 Å². The van der Waals surface area contributed by atoms with Gasteiger partial charge in [-0.15, -0.1) is 0 Å². The summed E-state index contributed by atoms with van der Waals surface area (Å²) in [6.45, 7) is 4.80. The monoisotopic (exact) mass is 1260 g/mol. The Morgan fingerprint density at radius 2 is 0.700 bits per heavy atom. The summed E-state index contributed by atoms with van der Waals surface area (Å²) in [5.41, 5.74) is 1.13. The highest BCUT2D eigenvalue weighted by atomic mass is 19.4. The average Bonchev–Trinajstić information content (AvgIpc) is 1.73. The van der Waals surface area contributed by atoms with Gasteiger partial charge in [-0.2, -0.15) is 69.8 Å². The number of nitrogens with zero attached hydrogens (tertiary/aromatic N) is 15. The van der Waals surface area contributed by atoms with E-state index in [1.54, 1.807) is 57.6 Å². The van der Waals surface area contributed by atoms with Gasteiger partial charge >= 0.3 is 18.5 Å². The van der Waals surface area contributed by atoms with Crippen LogP contribution in [-0.4, -0.2) is 92.4 Å². The lowest BCUT2D eigenvalue weighted by atomic mass is 9.82. The van der Waals surface area contributed by atoms with Gasteiger partial charge in [0.15, 0.2) is 17.1 Å². The van der Waals surface area contributed by atoms with Crippen LogP contribution in [0.4, 0.5) is 39.5 Å². The number of carbonyl (C=O) groups excluding carboxylic acids is 3. The molecule has 0 aliphatic heterocycles. The van der Waals surface area contributed by atoms with Crippen molar-refractivity contribution in [2.24, 2.45) is 21.1 Å². The second-order valence-corrected chi connectivity index (χ2v) is 21.9. The zero-order valence-corrected chi connectivity index (χ0v) is 48.8. The summed E-state index contributed by atoms with van der Waals surface area (Å²) < 4.78 is 134. The molecule has 474 valence electrons. The number of nitrogens with one attached hydrogen (secondary N) is 3. The quantitative estimate of drug-likeness (QED) is 0.0804. The Kier molecular flexibility index (Phi) is 18.1. The second-order valence-electron chi connectivity index (χ2n) is 21.9. The maximum atomic E-state index is 12.8. The number of amides is 3. The Labute approximate surface area is 504 Å². The molecule has 33 heteroatoms. The van der Waals surface area contributed by atoms with Crippen molar-refractivity contribution < 1.29 is 67.5 Å². The zero-order valence-electron chi connectivity index (χ0n) is 48.8. The molecule has 3 unspecified atom stereocenters. The number of aryl methyl sites for hydroxylation is 3. The second kappa shape index (κ2) is 25.8. The maximum Gasteiger partial charge on any atom is 0.435 e. The minimum Gasteiger partial charge on any atom is -0.339 e. The van der Waals surface area contributed by atoms with E-state index in [0.29, 0.717) is 53.4 Å². The first-order valence-electron chi connectivity index (χ1n) is 28.3. The lowest BCUT2D eigenvalue weighted by Gasteiger charge is -2.24. The van der Waals surface area contributed by atoms with Gasteiger partial charge in [-0.3, -0.25) is 43.4 Å². The number of pyridine rings is 3. The molecule has 9 aromatic heterocycles. The van der Waals surface area contributed by atoms with E-state index >= 15 is 0 Å². The van der Waals surface area contributed by atoms with Crippen LogP contribution in [0.15, 0.2) is 86.8 Å². The van der Waals surface area contributed by atoms with Gasteiger partial charge in [0.2, 0.25) is 35.1 Å². The topological polar surface area (TPSA) is 296 Å². The van der Waals surface area contributed by atoms with E-state index in [9.17, 15) is 53.9 Å². The van der Waals surface area contributed by atoms with Crippen LogP contribution in [0.25, 0.3) is 34.2 Å². The molecular weight excluding hydrogens is 1200 g/mol. The summed E-state index contributed by atoms with van der Waals surface area (Å²) in [5, 5.41) is 29.5. The SMILES string of the molecule is CC(NC(=O)c1cc(C(F)(F)F)nn1C)c1nc(-c2ccnc(C3CCC3)c2)no1.CC(NC(=O)c1cc(C(F)(F)F)nn1C)c1nc(-c2ccnc(C3CCC3)c2)no1.CC(NC(=O)c1cc(C(F)(F)F)nn1C)c1nc(-c2ccnc(C3CCC3)c2)no1. The van der Waals surface area contributed by atoms with Gasteiger partial charge in [0, 0.05) is 109 Å². The molecule has 3 atom stereocenters. The number of halogens is 9. The van der Waals surface area contributed by atoms with Crippen molar-refractivity contribution in [1.29, 1.82) is 0 Å². The van der Waals surface area contributed by atoms with Crippen LogP contribution in [0, 0.1) is 0 Å². The largest absolute Gasteiger partial charge is 0.435 e. The third kappa shape index (κ3) is 14.5. The van der Waals surface area contributed by atoms with Crippen molar-refractivity contribution in [3.8, 4) is 34.2 Å². The van der Waals surface area contributed by atoms with Crippen LogP contribution < -0.4 is 16.0 Å². The van der Waals surface area contributed by atoms with Gasteiger partial charge in [-0.25, -0.2) is 0 Å². The predicted octanol–water partition coefficient (Wildman–Crippen LogP) is 10.9. The molecule has 24 nitrogen and oxygen atoms in total. The van der Waals surface area contributed by atoms with Crippen LogP contribution in [0.5, 0.6) is 0 Å². The molecule has 0 spiro atoms. The van der Waals surface area contributed by atoms with E-state index in [-0.39, 0.29) is 34.8 Å². The molecular formula is C57H57F9N18O6. The molecule has 12 rings (SSSR count). The van der Waals surface area contributed by atoms with E-state index < -0.39 is 71.5 Å². The van der Waals surface area contributed by atoms with E-state index in [0.717, 1.165) is 86.3 Å². The summed E-state index contributed by atoms with van der Waals surface area (Å²) in [7, 11) is 3.80. The van der Waals surface area contributed by atoms with Crippen LogP contribution >= 0.6 is 0 Å². The first-order valence-corrected chi connectivity index (χ1v) is 28.3. The number of hydrogen-bond donors (Lipinski definition) is 3. The van der Waals surface area contributed by atoms with Gasteiger partial charge in [0.05, 0.1) is 0 Å². The first kappa shape index (κ1) is 63.3. The Morgan fingerprint density at radius 1 is 0.444 bits per heavy atom. The van der Waals surface area contributed by atoms with Gasteiger partial charge in [0.1, 0.15) is 35.2 Å². The van der Waals surface area contributed by atoms with Crippen molar-refractivity contribution in [3.63, 3.8) is 0 Å². The number of alkyl halides is 9. The summed E-state index contributed by atoms with van der Waals surface area (Å²) in [4.78, 5) is 63.3. The van der Waals surface area contributed by atoms with E-state index in [1.165, 1.54) is 40.4 Å². The van der Waals surface area contributed by atoms with Crippen LogP contribution in [-0.2, 0) is 39.7 Å². The molecule has 3 N–H and O–H groups in total. The molecule has 9 aromatic rings. The maximum absolute atomic E-state index is 12.8. The number of aromatic nitrogens is 15. The Morgan fingerprint density at radius 3 is 0.911 bits per heavy atom. The van der Waals surface area contributed by atoms with Crippen molar-refractivity contribution in [2.75, 3.05) is 0 Å². The van der Waals surface area contributed by atoms with E-state index in [1.807, 2.05) is 18.2 Å². The van der Waals surface area contributed by atoms with Crippen molar-refractivity contribution >= 4 is 17.7 Å². The highest BCUT2D eigenvalue weighted by Gasteiger charge is 2.38. The molecule has 0 bridgehead atoms. The normalized spacial score (nSPS) is 15.6. The molecule has 3 aliphatic carbocycles. The lowest BCUT2D eigenvalue weighted by Crippen LogP contribution is -2.28. The van der Waals surface area contributed by atoms with E-state index in [2.05, 4.69) is 76.6 Å². The van der Waals surface area contributed by atoms with Gasteiger partial charge < -0.3 is 29.5 Å². The summed E-state index contributed by atoms with van der Waals surface area (Å²) in [6, 6.07) is 11.0. The standard InChI is InChI=1S/3C19H19F3N6O2/c3*1-10(24-17(29)14-9-15(19(20,21)22)26-28(14)2)18-25-16(27-30-18)12-6-7-23-13(8-12)11-4-3-5-11/h3*6-11H,3-5H2,1-2H3,(H,24,29). The molecule has 0 saturated heterocycles. The summed E-state index contributed by atoms with van der Waals surface area (Å²) in [5.74, 6) is 0.643. The first-order chi connectivity index (χ1) is 42.7. The van der Waals surface area contributed by atoms with E-state index in [4.69, 9.17) is 13.6 Å². The van der Waals surface area contributed by atoms with Crippen molar-refractivity contribution in [3.05, 3.63) is 142 Å². The molecule has 3 saturated carbocycles. The van der Waals surface area contributed by atoms with Crippen LogP contribution in [0.1, 0.15) is 198 Å². The zero-order chi connectivity index (χ0) is 64.4. The van der Waals surface area contributed by atoms with Crippen molar-refractivity contribution in [2.45, 2.75) is 133 Å². The summed E-state index contributed by atoms with van der Waals surface area (Å²) >= 11 is 0. The van der Waals surface area contributed by atoms with Gasteiger partial charge in [-0.05, 0) is 95.7 Å².